The molecule has 0 spiro atoms. The van der Waals surface area contributed by atoms with Crippen molar-refractivity contribution in [2.75, 3.05) is 19.4 Å². The third kappa shape index (κ3) is 4.15. The number of carbonyl (C=O) groups excluding carboxylic acids is 1. The van der Waals surface area contributed by atoms with Gasteiger partial charge in [-0.2, -0.15) is 0 Å². The average Bonchev–Trinajstić information content (AvgIpc) is 2.54. The van der Waals surface area contributed by atoms with Crippen molar-refractivity contribution in [2.45, 2.75) is 18.7 Å². The number of benzene rings is 2. The number of hydrogen-bond acceptors (Lipinski definition) is 3. The molecule has 2 aromatic carbocycles. The summed E-state index contributed by atoms with van der Waals surface area (Å²) in [6.45, 7) is 3.44. The van der Waals surface area contributed by atoms with Crippen molar-refractivity contribution < 1.29 is 13.2 Å². The summed E-state index contributed by atoms with van der Waals surface area (Å²) in [7, 11) is -0.817. The van der Waals surface area contributed by atoms with Gasteiger partial charge in [-0.05, 0) is 49.2 Å². The van der Waals surface area contributed by atoms with Gasteiger partial charge in [-0.3, -0.25) is 4.79 Å². The Balaban J connectivity index is 2.48. The fraction of sp³-hybridized carbons (Fsp3) is 0.235. The first kappa shape index (κ1) is 21.0. The van der Waals surface area contributed by atoms with Crippen molar-refractivity contribution in [1.29, 1.82) is 0 Å². The molecule has 2 rings (SSSR count). The average molecular weight is 436 g/mol. The molecule has 0 aromatic heterocycles. The van der Waals surface area contributed by atoms with Crippen LogP contribution in [0.25, 0.3) is 0 Å². The smallest absolute Gasteiger partial charge is 0.255 e. The van der Waals surface area contributed by atoms with Crippen LogP contribution in [-0.2, 0) is 10.0 Å². The molecule has 0 radical (unpaired) electrons. The summed E-state index contributed by atoms with van der Waals surface area (Å²) in [6.07, 6.45) is 0. The normalized spacial score (nSPS) is 11.7. The summed E-state index contributed by atoms with van der Waals surface area (Å²) in [5.41, 5.74) is 1.73. The van der Waals surface area contributed by atoms with Gasteiger partial charge in [0.1, 0.15) is 0 Å². The number of aryl methyl sites for hydroxylation is 1. The Labute approximate surface area is 167 Å². The van der Waals surface area contributed by atoms with E-state index in [1.165, 1.54) is 32.3 Å². The molecule has 0 aliphatic rings. The standard InChI is InChI=1S/C17H17Cl3N2O3S/c1-9-5-11(6-16(10(9)2)26(24,25)22(3)4)17(23)21-15-8-13(19)12(18)7-14(15)20/h5-8H,1-4H3,(H,21,23). The summed E-state index contributed by atoms with van der Waals surface area (Å²) in [5.74, 6) is -0.511. The summed E-state index contributed by atoms with van der Waals surface area (Å²) < 4.78 is 26.1. The Kier molecular flexibility index (Phi) is 6.25. The Morgan fingerprint density at radius 3 is 2.12 bits per heavy atom. The predicted molar refractivity (Wildman–Crippen MR) is 106 cm³/mol. The van der Waals surface area contributed by atoms with Gasteiger partial charge in [-0.25, -0.2) is 12.7 Å². The molecule has 26 heavy (non-hydrogen) atoms. The number of nitrogens with one attached hydrogen (secondary N) is 1. The molecular formula is C17H17Cl3N2O3S. The van der Waals surface area contributed by atoms with Gasteiger partial charge in [0.25, 0.3) is 5.91 Å². The van der Waals surface area contributed by atoms with Gasteiger partial charge in [0.15, 0.2) is 0 Å². The van der Waals surface area contributed by atoms with E-state index in [1.807, 2.05) is 0 Å². The van der Waals surface area contributed by atoms with Crippen molar-refractivity contribution in [3.63, 3.8) is 0 Å². The van der Waals surface area contributed by atoms with Crippen LogP contribution < -0.4 is 5.32 Å². The van der Waals surface area contributed by atoms with Crippen LogP contribution in [0.15, 0.2) is 29.2 Å². The second kappa shape index (κ2) is 7.74. The van der Waals surface area contributed by atoms with Crippen LogP contribution in [0, 0.1) is 13.8 Å². The lowest BCUT2D eigenvalue weighted by molar-refractivity contribution is 0.102. The van der Waals surface area contributed by atoms with Crippen LogP contribution in [-0.4, -0.2) is 32.7 Å². The van der Waals surface area contributed by atoms with E-state index in [1.54, 1.807) is 19.9 Å². The minimum atomic E-state index is -3.69. The maximum atomic E-state index is 12.6. The molecule has 0 saturated heterocycles. The molecule has 1 N–H and O–H groups in total. The first-order valence-electron chi connectivity index (χ1n) is 7.44. The molecule has 0 aliphatic heterocycles. The lowest BCUT2D eigenvalue weighted by Crippen LogP contribution is -2.24. The highest BCUT2D eigenvalue weighted by molar-refractivity contribution is 7.89. The van der Waals surface area contributed by atoms with Crippen molar-refractivity contribution >= 4 is 56.4 Å². The first-order valence-corrected chi connectivity index (χ1v) is 10.0. The summed E-state index contributed by atoms with van der Waals surface area (Å²) in [6, 6.07) is 5.81. The number of halogens is 3. The van der Waals surface area contributed by atoms with Crippen LogP contribution >= 0.6 is 34.8 Å². The van der Waals surface area contributed by atoms with Crippen molar-refractivity contribution in [3.8, 4) is 0 Å². The van der Waals surface area contributed by atoms with Crippen LogP contribution in [0.4, 0.5) is 5.69 Å². The molecule has 0 aliphatic carbocycles. The molecule has 2 aromatic rings. The van der Waals surface area contributed by atoms with Crippen LogP contribution in [0.1, 0.15) is 21.5 Å². The van der Waals surface area contributed by atoms with Crippen molar-refractivity contribution in [1.82, 2.24) is 4.31 Å². The van der Waals surface area contributed by atoms with Gasteiger partial charge in [0, 0.05) is 19.7 Å². The maximum Gasteiger partial charge on any atom is 0.255 e. The van der Waals surface area contributed by atoms with Gasteiger partial charge in [-0.15, -0.1) is 0 Å². The summed E-state index contributed by atoms with van der Waals surface area (Å²) in [4.78, 5) is 12.7. The van der Waals surface area contributed by atoms with Crippen molar-refractivity contribution in [3.05, 3.63) is 56.0 Å². The van der Waals surface area contributed by atoms with Crippen molar-refractivity contribution in [2.24, 2.45) is 0 Å². The fourth-order valence-corrected chi connectivity index (χ4v) is 4.05. The lowest BCUT2D eigenvalue weighted by atomic mass is 10.1. The van der Waals surface area contributed by atoms with E-state index in [-0.39, 0.29) is 31.2 Å². The zero-order chi connectivity index (χ0) is 19.8. The Hall–Kier alpha value is -1.31. The minimum absolute atomic E-state index is 0.0767. The third-order valence-corrected chi connectivity index (χ3v) is 6.87. The first-order chi connectivity index (χ1) is 11.9. The molecule has 140 valence electrons. The van der Waals surface area contributed by atoms with Crippen LogP contribution in [0.3, 0.4) is 0 Å². The number of hydrogen-bond donors (Lipinski definition) is 1. The SMILES string of the molecule is Cc1cc(C(=O)Nc2cc(Cl)c(Cl)cc2Cl)cc(S(=O)(=O)N(C)C)c1C. The molecule has 0 unspecified atom stereocenters. The van der Waals surface area contributed by atoms with E-state index in [2.05, 4.69) is 5.32 Å². The summed E-state index contributed by atoms with van der Waals surface area (Å²) >= 11 is 17.9. The highest BCUT2D eigenvalue weighted by atomic mass is 35.5. The molecule has 9 heteroatoms. The number of carbonyl (C=O) groups is 1. The van der Waals surface area contributed by atoms with Gasteiger partial charge in [-0.1, -0.05) is 34.8 Å². The Morgan fingerprint density at radius 1 is 0.962 bits per heavy atom. The maximum absolute atomic E-state index is 12.6. The largest absolute Gasteiger partial charge is 0.321 e. The number of anilines is 1. The van der Waals surface area contributed by atoms with Gasteiger partial charge >= 0.3 is 0 Å². The predicted octanol–water partition coefficient (Wildman–Crippen LogP) is 4.77. The Morgan fingerprint density at radius 2 is 1.54 bits per heavy atom. The summed E-state index contributed by atoms with van der Waals surface area (Å²) in [5, 5.41) is 3.35. The number of rotatable bonds is 4. The zero-order valence-electron chi connectivity index (χ0n) is 14.5. The zero-order valence-corrected chi connectivity index (χ0v) is 17.6. The van der Waals surface area contributed by atoms with Gasteiger partial charge in [0.05, 0.1) is 25.7 Å². The fourth-order valence-electron chi connectivity index (χ4n) is 2.24. The third-order valence-electron chi connectivity index (χ3n) is 3.90. The number of amides is 1. The lowest BCUT2D eigenvalue weighted by Gasteiger charge is -2.17. The molecule has 1 amide bonds. The van der Waals surface area contributed by atoms with Crippen LogP contribution in [0.5, 0.6) is 0 Å². The van der Waals surface area contributed by atoms with Gasteiger partial charge < -0.3 is 5.32 Å². The van der Waals surface area contributed by atoms with E-state index < -0.39 is 15.9 Å². The molecule has 0 atom stereocenters. The molecule has 0 heterocycles. The monoisotopic (exact) mass is 434 g/mol. The molecular weight excluding hydrogens is 419 g/mol. The van der Waals surface area contributed by atoms with E-state index in [0.717, 1.165) is 4.31 Å². The highest BCUT2D eigenvalue weighted by Crippen LogP contribution is 2.33. The van der Waals surface area contributed by atoms with E-state index >= 15 is 0 Å². The quantitative estimate of drug-likeness (QED) is 0.704. The Bertz CT molecular complexity index is 989. The molecule has 0 saturated carbocycles. The number of sulfonamides is 1. The minimum Gasteiger partial charge on any atom is -0.321 e. The molecule has 5 nitrogen and oxygen atoms in total. The van der Waals surface area contributed by atoms with Crippen LogP contribution in [0.2, 0.25) is 15.1 Å². The second-order valence-corrected chi connectivity index (χ2v) is 9.25. The number of nitrogens with zero attached hydrogens (tertiary/aromatic N) is 1. The van der Waals surface area contributed by atoms with E-state index in [9.17, 15) is 13.2 Å². The van der Waals surface area contributed by atoms with E-state index in [4.69, 9.17) is 34.8 Å². The topological polar surface area (TPSA) is 66.5 Å². The van der Waals surface area contributed by atoms with E-state index in [0.29, 0.717) is 11.1 Å². The molecule has 0 fully saturated rings. The van der Waals surface area contributed by atoms with Gasteiger partial charge in [0.2, 0.25) is 10.0 Å². The highest BCUT2D eigenvalue weighted by Gasteiger charge is 2.23. The second-order valence-electron chi connectivity index (χ2n) is 5.90. The molecule has 0 bridgehead atoms.